The second-order valence-electron chi connectivity index (χ2n) is 3.79. The van der Waals surface area contributed by atoms with Gasteiger partial charge in [0.1, 0.15) is 0 Å². The average molecular weight is 220 g/mol. The first-order valence-corrected chi connectivity index (χ1v) is 6.12. The Bertz CT molecular complexity index is 404. The first-order chi connectivity index (χ1) is 7.20. The Morgan fingerprint density at radius 2 is 2.40 bits per heavy atom. The molecule has 0 radical (unpaired) electrons. The molecule has 1 aliphatic heterocycles. The lowest BCUT2D eigenvalue weighted by Crippen LogP contribution is -2.17. The van der Waals surface area contributed by atoms with Gasteiger partial charge < -0.3 is 10.3 Å². The van der Waals surface area contributed by atoms with Crippen LogP contribution in [0.5, 0.6) is 0 Å². The molecule has 1 aliphatic rings. The van der Waals surface area contributed by atoms with E-state index in [2.05, 4.69) is 35.3 Å². The predicted molar refractivity (Wildman–Crippen MR) is 68.3 cm³/mol. The zero-order valence-electron chi connectivity index (χ0n) is 9.13. The van der Waals surface area contributed by atoms with E-state index in [9.17, 15) is 0 Å². The number of allylic oxidation sites excluding steroid dienone is 1. The van der Waals surface area contributed by atoms with Crippen molar-refractivity contribution in [3.63, 3.8) is 0 Å². The van der Waals surface area contributed by atoms with Crippen LogP contribution in [0.1, 0.15) is 31.5 Å². The van der Waals surface area contributed by atoms with Crippen LogP contribution in [0.25, 0.3) is 11.3 Å². The summed E-state index contributed by atoms with van der Waals surface area (Å²) in [7, 11) is 0. The van der Waals surface area contributed by atoms with Gasteiger partial charge in [-0.2, -0.15) is 0 Å². The number of thioether (sulfide) groups is 1. The molecule has 15 heavy (non-hydrogen) atoms. The highest BCUT2D eigenvalue weighted by molar-refractivity contribution is 8.03. The average Bonchev–Trinajstić information content (AvgIpc) is 2.86. The zero-order valence-corrected chi connectivity index (χ0v) is 9.95. The van der Waals surface area contributed by atoms with E-state index in [4.69, 9.17) is 0 Å². The van der Waals surface area contributed by atoms with Crippen LogP contribution >= 0.6 is 11.8 Å². The van der Waals surface area contributed by atoms with Crippen LogP contribution < -0.4 is 5.32 Å². The highest BCUT2D eigenvalue weighted by Crippen LogP contribution is 2.29. The van der Waals surface area contributed by atoms with Crippen molar-refractivity contribution >= 4 is 23.0 Å². The molecule has 0 aromatic carbocycles. The maximum Gasteiger partial charge on any atom is 0.0761 e. The van der Waals surface area contributed by atoms with Crippen molar-refractivity contribution in [2.75, 3.05) is 0 Å². The Morgan fingerprint density at radius 1 is 1.60 bits per heavy atom. The van der Waals surface area contributed by atoms with Crippen molar-refractivity contribution in [3.05, 3.63) is 35.5 Å². The minimum absolute atomic E-state index is 0.531. The van der Waals surface area contributed by atoms with Crippen LogP contribution in [-0.2, 0) is 0 Å². The lowest BCUT2D eigenvalue weighted by Gasteiger charge is -2.08. The Balaban J connectivity index is 2.14. The third kappa shape index (κ3) is 2.12. The van der Waals surface area contributed by atoms with Crippen molar-refractivity contribution in [2.24, 2.45) is 0 Å². The molecule has 0 amide bonds. The van der Waals surface area contributed by atoms with E-state index in [1.54, 1.807) is 0 Å². The number of aromatic amines is 1. The second-order valence-corrected chi connectivity index (χ2v) is 4.87. The Kier molecular flexibility index (Phi) is 2.91. The van der Waals surface area contributed by atoms with Gasteiger partial charge in [0, 0.05) is 17.5 Å². The van der Waals surface area contributed by atoms with Gasteiger partial charge in [-0.15, -0.1) is 11.8 Å². The van der Waals surface area contributed by atoms with Crippen molar-refractivity contribution < 1.29 is 0 Å². The maximum atomic E-state index is 3.92. The van der Waals surface area contributed by atoms with Gasteiger partial charge in [0.15, 0.2) is 0 Å². The first kappa shape index (κ1) is 10.4. The first-order valence-electron chi connectivity index (χ1n) is 5.17. The SMILES string of the molecule is C=C(C)c1cc(C2=CSC(CC)N2)c[nH]1. The van der Waals surface area contributed by atoms with Gasteiger partial charge in [-0.25, -0.2) is 0 Å². The van der Waals surface area contributed by atoms with Crippen LogP contribution in [-0.4, -0.2) is 10.4 Å². The Labute approximate surface area is 94.8 Å². The van der Waals surface area contributed by atoms with E-state index >= 15 is 0 Å². The quantitative estimate of drug-likeness (QED) is 0.817. The number of nitrogens with one attached hydrogen (secondary N) is 2. The van der Waals surface area contributed by atoms with Gasteiger partial charge in [0.2, 0.25) is 0 Å². The van der Waals surface area contributed by atoms with Gasteiger partial charge in [-0.3, -0.25) is 0 Å². The lowest BCUT2D eigenvalue weighted by molar-refractivity contribution is 0.777. The molecule has 2 heterocycles. The number of hydrogen-bond acceptors (Lipinski definition) is 2. The molecular formula is C12H16N2S. The number of hydrogen-bond donors (Lipinski definition) is 2. The summed E-state index contributed by atoms with van der Waals surface area (Å²) in [5.74, 6) is 0. The zero-order chi connectivity index (χ0) is 10.8. The molecule has 80 valence electrons. The minimum atomic E-state index is 0.531. The van der Waals surface area contributed by atoms with Gasteiger partial charge in [0.05, 0.1) is 11.1 Å². The summed E-state index contributed by atoms with van der Waals surface area (Å²) in [5, 5.41) is 6.21. The van der Waals surface area contributed by atoms with E-state index in [0.717, 1.165) is 17.7 Å². The highest BCUT2D eigenvalue weighted by Gasteiger charge is 2.16. The molecule has 2 N–H and O–H groups in total. The fourth-order valence-electron chi connectivity index (χ4n) is 1.54. The molecular weight excluding hydrogens is 204 g/mol. The molecule has 0 bridgehead atoms. The van der Waals surface area contributed by atoms with Gasteiger partial charge >= 0.3 is 0 Å². The smallest absolute Gasteiger partial charge is 0.0761 e. The van der Waals surface area contributed by atoms with E-state index < -0.39 is 0 Å². The van der Waals surface area contributed by atoms with E-state index in [-0.39, 0.29) is 0 Å². The summed E-state index contributed by atoms with van der Waals surface area (Å²) in [4.78, 5) is 3.23. The molecule has 0 saturated carbocycles. The predicted octanol–water partition coefficient (Wildman–Crippen LogP) is 3.42. The molecule has 1 atom stereocenters. The summed E-state index contributed by atoms with van der Waals surface area (Å²) < 4.78 is 0. The number of H-pyrrole nitrogens is 1. The summed E-state index contributed by atoms with van der Waals surface area (Å²) in [5.41, 5.74) is 4.62. The van der Waals surface area contributed by atoms with Gasteiger partial charge in [0.25, 0.3) is 0 Å². The van der Waals surface area contributed by atoms with Crippen molar-refractivity contribution in [1.82, 2.24) is 10.3 Å². The molecule has 2 rings (SSSR count). The molecule has 1 aromatic rings. The van der Waals surface area contributed by atoms with Gasteiger partial charge in [-0.1, -0.05) is 13.5 Å². The molecule has 0 saturated heterocycles. The normalized spacial score (nSPS) is 19.9. The third-order valence-electron chi connectivity index (χ3n) is 2.49. The largest absolute Gasteiger partial charge is 0.372 e. The summed E-state index contributed by atoms with van der Waals surface area (Å²) in [6.07, 6.45) is 3.17. The fraction of sp³-hybridized carbons (Fsp3) is 0.333. The Hall–Kier alpha value is -1.09. The van der Waals surface area contributed by atoms with Crippen LogP contribution in [0.3, 0.4) is 0 Å². The van der Waals surface area contributed by atoms with E-state index in [1.807, 2.05) is 24.9 Å². The molecule has 1 unspecified atom stereocenters. The second kappa shape index (κ2) is 4.19. The number of rotatable bonds is 3. The highest BCUT2D eigenvalue weighted by atomic mass is 32.2. The molecule has 2 nitrogen and oxygen atoms in total. The number of aromatic nitrogens is 1. The third-order valence-corrected chi connectivity index (χ3v) is 3.64. The molecule has 1 aromatic heterocycles. The monoisotopic (exact) mass is 220 g/mol. The summed E-state index contributed by atoms with van der Waals surface area (Å²) in [6.45, 7) is 8.12. The lowest BCUT2D eigenvalue weighted by atomic mass is 10.2. The van der Waals surface area contributed by atoms with Crippen molar-refractivity contribution in [1.29, 1.82) is 0 Å². The van der Waals surface area contributed by atoms with Gasteiger partial charge in [-0.05, 0) is 30.4 Å². The maximum absolute atomic E-state index is 3.92. The van der Waals surface area contributed by atoms with E-state index in [0.29, 0.717) is 5.37 Å². The fourth-order valence-corrected chi connectivity index (χ4v) is 2.43. The minimum Gasteiger partial charge on any atom is -0.372 e. The summed E-state index contributed by atoms with van der Waals surface area (Å²) in [6, 6.07) is 2.14. The molecule has 3 heteroatoms. The molecule has 0 spiro atoms. The topological polar surface area (TPSA) is 27.8 Å². The van der Waals surface area contributed by atoms with Crippen molar-refractivity contribution in [2.45, 2.75) is 25.6 Å². The Morgan fingerprint density at radius 3 is 2.93 bits per heavy atom. The molecule has 0 aliphatic carbocycles. The molecule has 0 fully saturated rings. The van der Waals surface area contributed by atoms with Crippen LogP contribution in [0, 0.1) is 0 Å². The van der Waals surface area contributed by atoms with Crippen LogP contribution in [0.15, 0.2) is 24.3 Å². The van der Waals surface area contributed by atoms with Crippen molar-refractivity contribution in [3.8, 4) is 0 Å². The standard InChI is InChI=1S/C12H16N2S/c1-4-12-14-11(7-15-12)9-5-10(8(2)3)13-6-9/h5-7,12-14H,2,4H2,1,3H3. The van der Waals surface area contributed by atoms with E-state index in [1.165, 1.54) is 11.3 Å². The van der Waals surface area contributed by atoms with Crippen LogP contribution in [0.4, 0.5) is 0 Å². The van der Waals surface area contributed by atoms with Crippen LogP contribution in [0.2, 0.25) is 0 Å². The summed E-state index contributed by atoms with van der Waals surface area (Å²) >= 11 is 1.85.